The summed E-state index contributed by atoms with van der Waals surface area (Å²) in [6.45, 7) is 2.61. The number of hydrogen-bond acceptors (Lipinski definition) is 5. The highest BCUT2D eigenvalue weighted by Crippen LogP contribution is 2.16. The molecule has 1 fully saturated rings. The van der Waals surface area contributed by atoms with E-state index >= 15 is 0 Å². The van der Waals surface area contributed by atoms with Crippen LogP contribution >= 0.6 is 15.9 Å². The number of methoxy groups -OCH3 is 1. The van der Waals surface area contributed by atoms with Gasteiger partial charge in [0.05, 0.1) is 31.6 Å². The van der Waals surface area contributed by atoms with Crippen LogP contribution in [0.2, 0.25) is 0 Å². The molecule has 116 valence electrons. The molecule has 2 rings (SSSR count). The number of amides is 1. The molecule has 1 aromatic rings. The molecule has 21 heavy (non-hydrogen) atoms. The van der Waals surface area contributed by atoms with Gasteiger partial charge < -0.3 is 15.0 Å². The maximum absolute atomic E-state index is 12.1. The van der Waals surface area contributed by atoms with Crippen LogP contribution in [0.3, 0.4) is 0 Å². The number of carbonyl (C=O) groups excluding carboxylic acids is 1. The van der Waals surface area contributed by atoms with Gasteiger partial charge in [-0.1, -0.05) is 0 Å². The van der Waals surface area contributed by atoms with Crippen molar-refractivity contribution in [2.75, 3.05) is 38.7 Å². The Morgan fingerprint density at radius 2 is 2.19 bits per heavy atom. The Balaban J connectivity index is 1.98. The predicted octanol–water partition coefficient (Wildman–Crippen LogP) is 0.686. The number of carbonyl (C=O) groups is 1. The normalized spacial score (nSPS) is 14.5. The number of halogens is 1. The fourth-order valence-electron chi connectivity index (χ4n) is 2.17. The van der Waals surface area contributed by atoms with Crippen LogP contribution < -0.4 is 10.9 Å². The summed E-state index contributed by atoms with van der Waals surface area (Å²) in [7, 11) is 1.57. The first-order chi connectivity index (χ1) is 10.1. The maximum Gasteiger partial charge on any atom is 0.283 e. The summed E-state index contributed by atoms with van der Waals surface area (Å²) in [6, 6.07) is 0. The quantitative estimate of drug-likeness (QED) is 0.809. The van der Waals surface area contributed by atoms with Gasteiger partial charge in [0.25, 0.3) is 5.56 Å². The molecule has 0 unspecified atom stereocenters. The number of nitrogens with zero attached hydrogens (tertiary/aromatic N) is 3. The minimum atomic E-state index is -0.245. The van der Waals surface area contributed by atoms with E-state index in [1.807, 2.05) is 4.90 Å². The fraction of sp³-hybridized carbons (Fsp3) is 0.615. The van der Waals surface area contributed by atoms with Crippen LogP contribution in [0.5, 0.6) is 0 Å². The van der Waals surface area contributed by atoms with E-state index in [9.17, 15) is 9.59 Å². The van der Waals surface area contributed by atoms with Crippen LogP contribution in [0.1, 0.15) is 12.8 Å². The van der Waals surface area contributed by atoms with Gasteiger partial charge in [0.1, 0.15) is 4.47 Å². The summed E-state index contributed by atoms with van der Waals surface area (Å²) in [5.41, 5.74) is 0.284. The average molecular weight is 359 g/mol. The molecular formula is C13H19BrN4O3. The first-order valence-corrected chi connectivity index (χ1v) is 7.69. The van der Waals surface area contributed by atoms with Gasteiger partial charge in [-0.15, -0.1) is 0 Å². The Morgan fingerprint density at radius 3 is 2.86 bits per heavy atom. The van der Waals surface area contributed by atoms with Gasteiger partial charge >= 0.3 is 0 Å². The lowest BCUT2D eigenvalue weighted by Crippen LogP contribution is -2.33. The Labute approximate surface area is 131 Å². The molecule has 2 heterocycles. The molecule has 0 radical (unpaired) electrons. The third kappa shape index (κ3) is 4.04. The van der Waals surface area contributed by atoms with Gasteiger partial charge in [0.15, 0.2) is 0 Å². The maximum atomic E-state index is 12.1. The summed E-state index contributed by atoms with van der Waals surface area (Å²) < 4.78 is 6.62. The second-order valence-electron chi connectivity index (χ2n) is 4.83. The smallest absolute Gasteiger partial charge is 0.283 e. The topological polar surface area (TPSA) is 76.5 Å². The van der Waals surface area contributed by atoms with E-state index in [-0.39, 0.29) is 18.0 Å². The summed E-state index contributed by atoms with van der Waals surface area (Å²) in [5, 5.41) is 7.03. The highest BCUT2D eigenvalue weighted by atomic mass is 79.9. The highest BCUT2D eigenvalue weighted by Gasteiger charge is 2.18. The van der Waals surface area contributed by atoms with Crippen molar-refractivity contribution in [3.63, 3.8) is 0 Å². The second kappa shape index (κ2) is 7.56. The molecule has 1 aliphatic rings. The van der Waals surface area contributed by atoms with Crippen molar-refractivity contribution in [1.82, 2.24) is 14.7 Å². The number of nitrogens with one attached hydrogen (secondary N) is 1. The van der Waals surface area contributed by atoms with E-state index in [2.05, 4.69) is 26.3 Å². The first-order valence-electron chi connectivity index (χ1n) is 6.89. The zero-order chi connectivity index (χ0) is 15.2. The van der Waals surface area contributed by atoms with Crippen molar-refractivity contribution in [3.05, 3.63) is 21.0 Å². The van der Waals surface area contributed by atoms with Crippen LogP contribution in [0, 0.1) is 0 Å². The molecule has 1 N–H and O–H groups in total. The molecular weight excluding hydrogens is 340 g/mol. The molecule has 0 aliphatic carbocycles. The number of likely N-dealkylation sites (tertiary alicyclic amines) is 1. The molecule has 7 nitrogen and oxygen atoms in total. The van der Waals surface area contributed by atoms with E-state index in [0.717, 1.165) is 25.9 Å². The summed E-state index contributed by atoms with van der Waals surface area (Å²) >= 11 is 3.26. The molecule has 0 atom stereocenters. The van der Waals surface area contributed by atoms with Gasteiger partial charge in [0, 0.05) is 20.2 Å². The molecule has 1 amide bonds. The third-order valence-corrected chi connectivity index (χ3v) is 4.15. The molecule has 1 aliphatic heterocycles. The Kier molecular flexibility index (Phi) is 5.75. The molecule has 1 aromatic heterocycles. The number of rotatable bonds is 6. The van der Waals surface area contributed by atoms with Crippen molar-refractivity contribution < 1.29 is 9.53 Å². The third-order valence-electron chi connectivity index (χ3n) is 3.38. The van der Waals surface area contributed by atoms with E-state index < -0.39 is 0 Å². The van der Waals surface area contributed by atoms with Crippen molar-refractivity contribution in [2.24, 2.45) is 0 Å². The van der Waals surface area contributed by atoms with Crippen LogP contribution in [-0.4, -0.2) is 53.9 Å². The van der Waals surface area contributed by atoms with Crippen molar-refractivity contribution in [1.29, 1.82) is 0 Å². The number of hydrogen-bond donors (Lipinski definition) is 1. The van der Waals surface area contributed by atoms with E-state index in [1.54, 1.807) is 13.3 Å². The molecule has 1 saturated heterocycles. The van der Waals surface area contributed by atoms with Crippen LogP contribution in [0.4, 0.5) is 5.69 Å². The zero-order valence-electron chi connectivity index (χ0n) is 12.0. The number of aromatic nitrogens is 2. The molecule has 8 heteroatoms. The molecule has 0 spiro atoms. The van der Waals surface area contributed by atoms with Crippen molar-refractivity contribution in [2.45, 2.75) is 19.4 Å². The monoisotopic (exact) mass is 358 g/mol. The van der Waals surface area contributed by atoms with E-state index in [0.29, 0.717) is 23.3 Å². The number of anilines is 1. The van der Waals surface area contributed by atoms with Gasteiger partial charge in [-0.25, -0.2) is 4.68 Å². The fourth-order valence-corrected chi connectivity index (χ4v) is 2.62. The van der Waals surface area contributed by atoms with Gasteiger partial charge in [-0.05, 0) is 28.8 Å². The summed E-state index contributed by atoms with van der Waals surface area (Å²) in [5.74, 6) is 0.0444. The Bertz CT molecular complexity index is 555. The van der Waals surface area contributed by atoms with E-state index in [1.165, 1.54) is 4.68 Å². The Morgan fingerprint density at radius 1 is 1.48 bits per heavy atom. The van der Waals surface area contributed by atoms with Crippen LogP contribution in [0.15, 0.2) is 15.5 Å². The predicted molar refractivity (Wildman–Crippen MR) is 82.4 cm³/mol. The van der Waals surface area contributed by atoms with E-state index in [4.69, 9.17) is 4.74 Å². The summed E-state index contributed by atoms with van der Waals surface area (Å²) in [6.07, 6.45) is 3.66. The van der Waals surface area contributed by atoms with Crippen molar-refractivity contribution >= 4 is 27.5 Å². The lowest BCUT2D eigenvalue weighted by Gasteiger charge is -2.16. The second-order valence-corrected chi connectivity index (χ2v) is 5.63. The van der Waals surface area contributed by atoms with Gasteiger partial charge in [-0.3, -0.25) is 9.59 Å². The highest BCUT2D eigenvalue weighted by molar-refractivity contribution is 9.10. The largest absolute Gasteiger partial charge is 0.383 e. The van der Waals surface area contributed by atoms with Gasteiger partial charge in [-0.2, -0.15) is 5.10 Å². The van der Waals surface area contributed by atoms with Crippen LogP contribution in [0.25, 0.3) is 0 Å². The molecule has 0 aromatic carbocycles. The number of ether oxygens (including phenoxy) is 1. The van der Waals surface area contributed by atoms with Crippen molar-refractivity contribution in [3.8, 4) is 0 Å². The molecule has 0 bridgehead atoms. The Hall–Kier alpha value is -1.41. The molecule has 0 saturated carbocycles. The van der Waals surface area contributed by atoms with Crippen LogP contribution in [-0.2, 0) is 16.1 Å². The zero-order valence-corrected chi connectivity index (χ0v) is 13.6. The summed E-state index contributed by atoms with van der Waals surface area (Å²) in [4.78, 5) is 25.8. The minimum Gasteiger partial charge on any atom is -0.383 e. The average Bonchev–Trinajstić information content (AvgIpc) is 3.02. The van der Waals surface area contributed by atoms with Gasteiger partial charge in [0.2, 0.25) is 5.91 Å². The lowest BCUT2D eigenvalue weighted by molar-refractivity contribution is -0.128. The standard InChI is InChI=1S/C13H19BrN4O3/c1-21-7-6-18-13(20)12(14)10(8-16-18)15-9-11(19)17-4-2-3-5-17/h8,15H,2-7,9H2,1H3. The first kappa shape index (κ1) is 16.0. The minimum absolute atomic E-state index is 0.0444. The SMILES string of the molecule is COCCn1ncc(NCC(=O)N2CCCC2)c(Br)c1=O. The lowest BCUT2D eigenvalue weighted by atomic mass is 10.4.